The van der Waals surface area contributed by atoms with E-state index in [9.17, 15) is 18.0 Å². The molecule has 8 heteroatoms. The monoisotopic (exact) mass is 421 g/mol. The summed E-state index contributed by atoms with van der Waals surface area (Å²) in [7, 11) is 0. The average molecular weight is 421 g/mol. The number of halogens is 3. The fourth-order valence-electron chi connectivity index (χ4n) is 6.07. The number of carbonyl (C=O) groups excluding carboxylic acids is 1. The third kappa shape index (κ3) is 3.31. The lowest BCUT2D eigenvalue weighted by molar-refractivity contribution is -0.137. The Kier molecular flexibility index (Phi) is 4.21. The van der Waals surface area contributed by atoms with Crippen LogP contribution in [-0.2, 0) is 6.18 Å². The minimum atomic E-state index is -4.42. The molecule has 0 radical (unpaired) electrons. The predicted octanol–water partition coefficient (Wildman–Crippen LogP) is 5.89. The number of nitrogens with zero attached hydrogens (tertiary/aromatic N) is 1. The molecule has 3 N–H and O–H groups in total. The molecule has 4 fully saturated rings. The lowest BCUT2D eigenvalue weighted by Gasteiger charge is -2.55. The van der Waals surface area contributed by atoms with Gasteiger partial charge >= 0.3 is 6.18 Å². The largest absolute Gasteiger partial charge is 0.416 e. The Morgan fingerprint density at radius 3 is 2.34 bits per heavy atom. The van der Waals surface area contributed by atoms with Crippen LogP contribution in [0.15, 0.2) is 24.3 Å². The van der Waals surface area contributed by atoms with Gasteiger partial charge in [0.05, 0.1) is 5.56 Å². The molecular weight excluding hydrogens is 399 g/mol. The zero-order chi connectivity index (χ0) is 20.4. The summed E-state index contributed by atoms with van der Waals surface area (Å²) in [5, 5.41) is 3.22. The summed E-state index contributed by atoms with van der Waals surface area (Å²) in [5.74, 6) is 2.18. The zero-order valence-electron chi connectivity index (χ0n) is 15.8. The van der Waals surface area contributed by atoms with Crippen LogP contribution in [0.3, 0.4) is 0 Å². The smallest absolute Gasteiger partial charge is 0.382 e. The van der Waals surface area contributed by atoms with Crippen molar-refractivity contribution in [1.82, 2.24) is 4.98 Å². The van der Waals surface area contributed by atoms with E-state index in [1.807, 2.05) is 0 Å². The molecule has 2 aromatic rings. The fourth-order valence-corrected chi connectivity index (χ4v) is 7.04. The molecule has 4 aliphatic rings. The van der Waals surface area contributed by atoms with Gasteiger partial charge in [-0.05, 0) is 74.5 Å². The average Bonchev–Trinajstić information content (AvgIpc) is 2.99. The van der Waals surface area contributed by atoms with Crippen molar-refractivity contribution in [2.24, 2.45) is 23.2 Å². The van der Waals surface area contributed by atoms with Crippen LogP contribution in [0.1, 0.15) is 53.8 Å². The lowest BCUT2D eigenvalue weighted by Crippen LogP contribution is -2.49. The van der Waals surface area contributed by atoms with Gasteiger partial charge in [-0.15, -0.1) is 0 Å². The van der Waals surface area contributed by atoms with Crippen molar-refractivity contribution in [1.29, 1.82) is 0 Å². The van der Waals surface area contributed by atoms with Crippen molar-refractivity contribution in [2.75, 3.05) is 11.1 Å². The van der Waals surface area contributed by atoms with Crippen LogP contribution in [0.25, 0.3) is 0 Å². The number of hydrogen-bond donors (Lipinski definition) is 2. The summed E-state index contributed by atoms with van der Waals surface area (Å²) >= 11 is 1.15. The fraction of sp³-hybridized carbons (Fsp3) is 0.524. The van der Waals surface area contributed by atoms with Crippen molar-refractivity contribution in [2.45, 2.75) is 44.7 Å². The Morgan fingerprint density at radius 2 is 1.76 bits per heavy atom. The van der Waals surface area contributed by atoms with E-state index < -0.39 is 11.7 Å². The molecule has 0 saturated heterocycles. The molecule has 0 aliphatic heterocycles. The molecule has 154 valence electrons. The van der Waals surface area contributed by atoms with E-state index in [-0.39, 0.29) is 22.7 Å². The molecule has 4 aliphatic carbocycles. The molecule has 1 aromatic heterocycles. The normalized spacial score (nSPS) is 30.5. The van der Waals surface area contributed by atoms with E-state index in [1.54, 1.807) is 0 Å². The van der Waals surface area contributed by atoms with Crippen LogP contribution in [0.5, 0.6) is 0 Å². The molecular formula is C21H22F3N3OS. The van der Waals surface area contributed by atoms with Crippen molar-refractivity contribution in [3.05, 3.63) is 34.7 Å². The second-order valence-corrected chi connectivity index (χ2v) is 9.96. The van der Waals surface area contributed by atoms with E-state index in [0.29, 0.717) is 27.8 Å². The van der Waals surface area contributed by atoms with E-state index in [1.165, 1.54) is 31.4 Å². The van der Waals surface area contributed by atoms with Gasteiger partial charge in [0.1, 0.15) is 10.7 Å². The number of thiazole rings is 1. The highest BCUT2D eigenvalue weighted by Crippen LogP contribution is 2.61. The first-order valence-corrected chi connectivity index (χ1v) is 10.8. The first kappa shape index (κ1) is 18.9. The maximum atomic E-state index is 13.5. The Balaban J connectivity index is 1.39. The van der Waals surface area contributed by atoms with Crippen molar-refractivity contribution in [3.8, 4) is 0 Å². The van der Waals surface area contributed by atoms with Gasteiger partial charge in [0.15, 0.2) is 10.9 Å². The Morgan fingerprint density at radius 1 is 1.14 bits per heavy atom. The number of nitrogen functional groups attached to an aromatic ring is 1. The lowest BCUT2D eigenvalue weighted by atomic mass is 9.48. The summed E-state index contributed by atoms with van der Waals surface area (Å²) in [6, 6.07) is 4.92. The minimum absolute atomic E-state index is 0.0868. The van der Waals surface area contributed by atoms with Gasteiger partial charge in [0, 0.05) is 11.1 Å². The number of nitrogens with two attached hydrogens (primary N) is 1. The highest BCUT2D eigenvalue weighted by molar-refractivity contribution is 7.18. The van der Waals surface area contributed by atoms with Gasteiger partial charge in [-0.1, -0.05) is 17.4 Å². The maximum Gasteiger partial charge on any atom is 0.416 e. The Hall–Kier alpha value is -2.09. The number of benzene rings is 1. The number of hydrogen-bond acceptors (Lipinski definition) is 5. The van der Waals surface area contributed by atoms with E-state index in [4.69, 9.17) is 5.73 Å². The first-order chi connectivity index (χ1) is 13.7. The van der Waals surface area contributed by atoms with Gasteiger partial charge in [-0.25, -0.2) is 4.98 Å². The Labute approximate surface area is 170 Å². The van der Waals surface area contributed by atoms with Gasteiger partial charge in [-0.2, -0.15) is 13.2 Å². The number of Topliss-reactive ketones (excluding diaryl/α,β-unsaturated/α-hetero) is 1. The van der Waals surface area contributed by atoms with Crippen LogP contribution in [0.2, 0.25) is 0 Å². The summed E-state index contributed by atoms with van der Waals surface area (Å²) in [6.45, 7) is 0. The van der Waals surface area contributed by atoms with Crippen LogP contribution < -0.4 is 11.1 Å². The standard InChI is InChI=1S/C21H22F3N3OS/c22-21(23,24)14-2-1-3-15(7-14)26-19-27-18(25)16(29-19)17(28)20-8-11-4-12(9-20)6-13(5-11)10-20/h1-3,7,11-13H,4-6,8-10,25H2,(H,26,27). The van der Waals surface area contributed by atoms with Crippen LogP contribution in [0.4, 0.5) is 29.8 Å². The second-order valence-electron chi connectivity index (χ2n) is 8.96. The zero-order valence-corrected chi connectivity index (χ0v) is 16.6. The number of ketones is 1. The molecule has 4 bridgehead atoms. The molecule has 0 amide bonds. The first-order valence-electron chi connectivity index (χ1n) is 9.97. The SMILES string of the molecule is Nc1nc(Nc2cccc(C(F)(F)F)c2)sc1C(=O)C12CC3CC(CC(C3)C1)C2. The van der Waals surface area contributed by atoms with Gasteiger partial charge < -0.3 is 11.1 Å². The number of nitrogens with one attached hydrogen (secondary N) is 1. The molecule has 0 unspecified atom stereocenters. The summed E-state index contributed by atoms with van der Waals surface area (Å²) in [4.78, 5) is 18.2. The second kappa shape index (κ2) is 6.45. The molecule has 1 aromatic carbocycles. The number of carbonyl (C=O) groups is 1. The van der Waals surface area contributed by atoms with Crippen molar-refractivity contribution < 1.29 is 18.0 Å². The van der Waals surface area contributed by atoms with Crippen molar-refractivity contribution in [3.63, 3.8) is 0 Å². The minimum Gasteiger partial charge on any atom is -0.382 e. The van der Waals surface area contributed by atoms with Gasteiger partial charge in [0.2, 0.25) is 0 Å². The third-order valence-electron chi connectivity index (χ3n) is 6.82. The quantitative estimate of drug-likeness (QED) is 0.605. The molecule has 0 atom stereocenters. The van der Waals surface area contributed by atoms with E-state index >= 15 is 0 Å². The topological polar surface area (TPSA) is 68.0 Å². The Bertz CT molecular complexity index is 933. The van der Waals surface area contributed by atoms with Crippen LogP contribution >= 0.6 is 11.3 Å². The molecule has 29 heavy (non-hydrogen) atoms. The number of rotatable bonds is 4. The van der Waals surface area contributed by atoms with Crippen LogP contribution in [-0.4, -0.2) is 10.8 Å². The summed E-state index contributed by atoms with van der Waals surface area (Å²) in [5.41, 5.74) is 5.28. The molecule has 6 rings (SSSR count). The van der Waals surface area contributed by atoms with Gasteiger partial charge in [-0.3, -0.25) is 4.79 Å². The maximum absolute atomic E-state index is 13.5. The third-order valence-corrected chi connectivity index (χ3v) is 7.81. The summed E-state index contributed by atoms with van der Waals surface area (Å²) < 4.78 is 38.8. The summed E-state index contributed by atoms with van der Waals surface area (Å²) in [6.07, 6.45) is 2.12. The molecule has 0 spiro atoms. The van der Waals surface area contributed by atoms with E-state index in [0.717, 1.165) is 42.7 Å². The predicted molar refractivity (Wildman–Crippen MR) is 106 cm³/mol. The van der Waals surface area contributed by atoms with Crippen molar-refractivity contribution >= 4 is 33.8 Å². The van der Waals surface area contributed by atoms with Crippen LogP contribution in [0, 0.1) is 23.2 Å². The molecule has 4 saturated carbocycles. The van der Waals surface area contributed by atoms with Gasteiger partial charge in [0.25, 0.3) is 0 Å². The van der Waals surface area contributed by atoms with E-state index in [2.05, 4.69) is 10.3 Å². The number of aromatic nitrogens is 1. The highest BCUT2D eigenvalue weighted by atomic mass is 32.1. The highest BCUT2D eigenvalue weighted by Gasteiger charge is 2.55. The number of alkyl halides is 3. The number of anilines is 3. The molecule has 1 heterocycles. The molecule has 4 nitrogen and oxygen atoms in total.